The molecule has 1 aromatic heterocycles. The van der Waals surface area contributed by atoms with Crippen LogP contribution in [0.15, 0.2) is 17.1 Å². The number of carbonyl (C=O) groups is 2. The maximum absolute atomic E-state index is 12.0. The average molecular weight is 445 g/mol. The average Bonchev–Trinajstić information content (AvgIpc) is 2.67. The van der Waals surface area contributed by atoms with Crippen molar-refractivity contribution in [2.45, 2.75) is 65.5 Å². The number of rotatable bonds is 14. The first-order valence-electron chi connectivity index (χ1n) is 9.74. The van der Waals surface area contributed by atoms with Crippen LogP contribution in [0.2, 0.25) is 0 Å². The molecule has 0 radical (unpaired) electrons. The normalized spacial score (nSPS) is 15.4. The highest BCUT2D eigenvalue weighted by Gasteiger charge is 2.23. The molecular weight excluding hydrogens is 413 g/mol. The number of anilines is 1. The molecule has 4 unspecified atom stereocenters. The standard InChI is InChI=1S/C18H32N5O6P/c1-6-15(29-14(5)23-9-7-16(19)21-18(23)26)11-27-30(20-8-10-24)22-13(4)17(25)28-12(2)3/h7,9-10,12-15,20,22H,6,8,11H2,1-5H3,(H2,19,21,26). The van der Waals surface area contributed by atoms with Gasteiger partial charge in [0.25, 0.3) is 0 Å². The lowest BCUT2D eigenvalue weighted by molar-refractivity contribution is -0.149. The number of hydrogen-bond donors (Lipinski definition) is 3. The van der Waals surface area contributed by atoms with Gasteiger partial charge in [0.1, 0.15) is 24.4 Å². The molecule has 4 N–H and O–H groups in total. The zero-order valence-electron chi connectivity index (χ0n) is 18.0. The quantitative estimate of drug-likeness (QED) is 0.216. The lowest BCUT2D eigenvalue weighted by Gasteiger charge is -2.26. The van der Waals surface area contributed by atoms with Gasteiger partial charge < -0.3 is 24.5 Å². The van der Waals surface area contributed by atoms with E-state index >= 15 is 0 Å². The Hall–Kier alpha value is -1.91. The van der Waals surface area contributed by atoms with Crippen molar-refractivity contribution < 1.29 is 23.6 Å². The summed E-state index contributed by atoms with van der Waals surface area (Å²) in [5.74, 6) is -0.275. The van der Waals surface area contributed by atoms with Crippen LogP contribution in [-0.4, -0.2) is 53.2 Å². The molecule has 0 fully saturated rings. The van der Waals surface area contributed by atoms with Crippen molar-refractivity contribution in [2.75, 3.05) is 18.9 Å². The summed E-state index contributed by atoms with van der Waals surface area (Å²) in [4.78, 5) is 38.4. The zero-order chi connectivity index (χ0) is 22.7. The van der Waals surface area contributed by atoms with E-state index in [0.29, 0.717) is 12.7 Å². The number of esters is 1. The first-order valence-corrected chi connectivity index (χ1v) is 11.0. The Balaban J connectivity index is 2.68. The molecule has 0 aliphatic carbocycles. The number of nitrogen functional groups attached to an aromatic ring is 1. The van der Waals surface area contributed by atoms with Gasteiger partial charge in [-0.1, -0.05) is 6.92 Å². The number of nitrogens with two attached hydrogens (primary N) is 1. The molecule has 4 atom stereocenters. The van der Waals surface area contributed by atoms with E-state index in [9.17, 15) is 14.4 Å². The fourth-order valence-corrected chi connectivity index (χ4v) is 3.54. The Bertz CT molecular complexity index is 731. The Morgan fingerprint density at radius 2 is 2.07 bits per heavy atom. The van der Waals surface area contributed by atoms with Crippen molar-refractivity contribution in [1.82, 2.24) is 19.7 Å². The summed E-state index contributed by atoms with van der Waals surface area (Å²) in [6, 6.07) is 0.889. The summed E-state index contributed by atoms with van der Waals surface area (Å²) in [5.41, 5.74) is 5.00. The highest BCUT2D eigenvalue weighted by Crippen LogP contribution is 2.28. The van der Waals surface area contributed by atoms with E-state index in [1.54, 1.807) is 27.7 Å². The van der Waals surface area contributed by atoms with Crippen LogP contribution < -0.4 is 21.6 Å². The van der Waals surface area contributed by atoms with E-state index in [1.807, 2.05) is 6.92 Å². The van der Waals surface area contributed by atoms with Crippen molar-refractivity contribution in [1.29, 1.82) is 0 Å². The summed E-state index contributed by atoms with van der Waals surface area (Å²) < 4.78 is 18.3. The summed E-state index contributed by atoms with van der Waals surface area (Å²) in [5, 5.41) is 5.91. The molecule has 1 rings (SSSR count). The van der Waals surface area contributed by atoms with Gasteiger partial charge in [0.05, 0.1) is 25.4 Å². The maximum Gasteiger partial charge on any atom is 0.351 e. The summed E-state index contributed by atoms with van der Waals surface area (Å²) in [6.07, 6.45) is 1.68. The summed E-state index contributed by atoms with van der Waals surface area (Å²) in [6.45, 7) is 9.06. The number of nitrogens with zero attached hydrogens (tertiary/aromatic N) is 2. The molecule has 170 valence electrons. The number of aromatic nitrogens is 2. The van der Waals surface area contributed by atoms with Crippen LogP contribution in [0.3, 0.4) is 0 Å². The van der Waals surface area contributed by atoms with Gasteiger partial charge in [-0.2, -0.15) is 4.98 Å². The molecule has 0 saturated heterocycles. The fourth-order valence-electron chi connectivity index (χ4n) is 2.27. The molecule has 0 bridgehead atoms. The van der Waals surface area contributed by atoms with Crippen LogP contribution in [0.4, 0.5) is 5.82 Å². The van der Waals surface area contributed by atoms with Crippen molar-refractivity contribution in [3.8, 4) is 0 Å². The minimum Gasteiger partial charge on any atom is -0.462 e. The van der Waals surface area contributed by atoms with Crippen LogP contribution in [0.25, 0.3) is 0 Å². The van der Waals surface area contributed by atoms with Crippen LogP contribution in [0, 0.1) is 0 Å². The number of carbonyl (C=O) groups excluding carboxylic acids is 2. The van der Waals surface area contributed by atoms with Crippen LogP contribution >= 0.6 is 8.45 Å². The summed E-state index contributed by atoms with van der Waals surface area (Å²) >= 11 is 0. The Kier molecular flexibility index (Phi) is 11.7. The molecular formula is C18H32N5O6P. The van der Waals surface area contributed by atoms with Crippen molar-refractivity contribution >= 4 is 26.5 Å². The molecule has 0 saturated carbocycles. The number of aldehydes is 1. The van der Waals surface area contributed by atoms with E-state index in [-0.39, 0.29) is 31.2 Å². The number of nitrogens with one attached hydrogen (secondary N) is 2. The largest absolute Gasteiger partial charge is 0.462 e. The Labute approximate surface area is 177 Å². The van der Waals surface area contributed by atoms with Crippen molar-refractivity contribution in [2.24, 2.45) is 0 Å². The van der Waals surface area contributed by atoms with Gasteiger partial charge in [-0.15, -0.1) is 0 Å². The molecule has 0 aromatic carbocycles. The van der Waals surface area contributed by atoms with Crippen LogP contribution in [0.5, 0.6) is 0 Å². The molecule has 0 aliphatic rings. The first-order chi connectivity index (χ1) is 14.2. The lowest BCUT2D eigenvalue weighted by Crippen LogP contribution is -2.37. The highest BCUT2D eigenvalue weighted by atomic mass is 31.2. The Morgan fingerprint density at radius 1 is 1.37 bits per heavy atom. The molecule has 12 heteroatoms. The van der Waals surface area contributed by atoms with Crippen LogP contribution in [-0.2, 0) is 23.6 Å². The van der Waals surface area contributed by atoms with E-state index in [1.165, 1.54) is 16.8 Å². The van der Waals surface area contributed by atoms with E-state index in [4.69, 9.17) is 19.7 Å². The number of hydrogen-bond acceptors (Lipinski definition) is 10. The smallest absolute Gasteiger partial charge is 0.351 e. The monoisotopic (exact) mass is 445 g/mol. The molecule has 0 spiro atoms. The van der Waals surface area contributed by atoms with Gasteiger partial charge in [-0.3, -0.25) is 14.4 Å². The van der Waals surface area contributed by atoms with E-state index in [2.05, 4.69) is 15.2 Å². The Morgan fingerprint density at radius 3 is 2.63 bits per heavy atom. The third-order valence-electron chi connectivity index (χ3n) is 3.81. The minimum absolute atomic E-state index is 0.0607. The molecule has 1 heterocycles. The second kappa shape index (κ2) is 13.4. The molecule has 1 aromatic rings. The van der Waals surface area contributed by atoms with Crippen molar-refractivity contribution in [3.05, 3.63) is 22.7 Å². The van der Waals surface area contributed by atoms with E-state index in [0.717, 1.165) is 0 Å². The SMILES string of the molecule is CCC(COP(NCC=O)NC(C)C(=O)OC(C)C)OC(C)n1ccc(N)nc1=O. The second-order valence-electron chi connectivity index (χ2n) is 6.76. The molecule has 30 heavy (non-hydrogen) atoms. The predicted molar refractivity (Wildman–Crippen MR) is 114 cm³/mol. The molecule has 11 nitrogen and oxygen atoms in total. The third kappa shape index (κ3) is 9.27. The summed E-state index contributed by atoms with van der Waals surface area (Å²) in [7, 11) is -1.50. The van der Waals surface area contributed by atoms with Gasteiger partial charge in [0, 0.05) is 6.20 Å². The minimum atomic E-state index is -1.50. The number of ether oxygens (including phenoxy) is 2. The maximum atomic E-state index is 12.0. The predicted octanol–water partition coefficient (Wildman–Crippen LogP) is 1.10. The second-order valence-corrected chi connectivity index (χ2v) is 8.18. The van der Waals surface area contributed by atoms with Crippen molar-refractivity contribution in [3.63, 3.8) is 0 Å². The topological polar surface area (TPSA) is 147 Å². The third-order valence-corrected chi connectivity index (χ3v) is 5.31. The molecule has 0 amide bonds. The van der Waals surface area contributed by atoms with Gasteiger partial charge in [-0.05, 0) is 40.2 Å². The fraction of sp³-hybridized carbons (Fsp3) is 0.667. The van der Waals surface area contributed by atoms with Gasteiger partial charge in [-0.25, -0.2) is 9.88 Å². The lowest BCUT2D eigenvalue weighted by atomic mass is 10.3. The van der Waals surface area contributed by atoms with Gasteiger partial charge in [0.15, 0.2) is 8.45 Å². The highest BCUT2D eigenvalue weighted by molar-refractivity contribution is 7.48. The first kappa shape index (κ1) is 26.1. The molecule has 0 aliphatic heterocycles. The van der Waals surface area contributed by atoms with Gasteiger partial charge >= 0.3 is 11.7 Å². The zero-order valence-corrected chi connectivity index (χ0v) is 18.9. The van der Waals surface area contributed by atoms with Gasteiger partial charge in [0.2, 0.25) is 0 Å². The van der Waals surface area contributed by atoms with Crippen LogP contribution in [0.1, 0.15) is 47.3 Å². The van der Waals surface area contributed by atoms with E-state index < -0.39 is 32.4 Å².